The Labute approximate surface area is 130 Å². The summed E-state index contributed by atoms with van der Waals surface area (Å²) in [4.78, 5) is 11.9. The number of nitrogens with one attached hydrogen (secondary N) is 1. The van der Waals surface area contributed by atoms with Crippen molar-refractivity contribution in [2.75, 3.05) is 6.54 Å². The summed E-state index contributed by atoms with van der Waals surface area (Å²) in [6, 6.07) is 3.94. The van der Waals surface area contributed by atoms with Gasteiger partial charge in [0.1, 0.15) is 0 Å². The summed E-state index contributed by atoms with van der Waals surface area (Å²) in [7, 11) is 0. The number of fused-ring (bicyclic) bond motifs is 1. The molecule has 1 N–H and O–H groups in total. The maximum atomic E-state index is 13.7. The van der Waals surface area contributed by atoms with E-state index < -0.39 is 18.2 Å². The molecule has 1 aromatic carbocycles. The summed E-state index contributed by atoms with van der Waals surface area (Å²) in [5.41, 5.74) is 1.33. The van der Waals surface area contributed by atoms with Crippen molar-refractivity contribution in [1.29, 1.82) is 0 Å². The molecule has 1 aliphatic rings. The van der Waals surface area contributed by atoms with Crippen molar-refractivity contribution in [3.63, 3.8) is 0 Å². The van der Waals surface area contributed by atoms with E-state index in [1.165, 1.54) is 23.0 Å². The van der Waals surface area contributed by atoms with Crippen LogP contribution in [0.3, 0.4) is 0 Å². The Balaban J connectivity index is 1.90. The van der Waals surface area contributed by atoms with Gasteiger partial charge in [0, 0.05) is 18.3 Å². The summed E-state index contributed by atoms with van der Waals surface area (Å²) >= 11 is 0. The number of halogens is 3. The Morgan fingerprint density at radius 3 is 3.00 bits per heavy atom. The minimum Gasteiger partial charge on any atom is -0.431 e. The molecule has 8 heteroatoms. The SMILES string of the molecule is O=C1NCCCc2nn(Cc3cccc(F)c3OC(F)F)cc21. The average molecular weight is 325 g/mol. The molecule has 2 aromatic rings. The topological polar surface area (TPSA) is 56.2 Å². The van der Waals surface area contributed by atoms with Crippen LogP contribution in [0, 0.1) is 5.82 Å². The zero-order valence-electron chi connectivity index (χ0n) is 12.1. The second-order valence-electron chi connectivity index (χ2n) is 5.15. The number of rotatable bonds is 4. The van der Waals surface area contributed by atoms with Crippen molar-refractivity contribution in [3.8, 4) is 5.75 Å². The highest BCUT2D eigenvalue weighted by Crippen LogP contribution is 2.25. The van der Waals surface area contributed by atoms with Gasteiger partial charge in [0.05, 0.1) is 17.8 Å². The number of carbonyl (C=O) groups excluding carboxylic acids is 1. The summed E-state index contributed by atoms with van der Waals surface area (Å²) < 4.78 is 44.3. The number of para-hydroxylation sites is 1. The van der Waals surface area contributed by atoms with Gasteiger partial charge in [-0.1, -0.05) is 12.1 Å². The van der Waals surface area contributed by atoms with Crippen LogP contribution in [-0.4, -0.2) is 28.8 Å². The van der Waals surface area contributed by atoms with Crippen molar-refractivity contribution in [3.05, 3.63) is 47.0 Å². The lowest BCUT2D eigenvalue weighted by atomic mass is 10.2. The van der Waals surface area contributed by atoms with E-state index in [4.69, 9.17) is 0 Å². The molecule has 1 aromatic heterocycles. The number of aryl methyl sites for hydroxylation is 1. The molecule has 1 aliphatic heterocycles. The lowest BCUT2D eigenvalue weighted by molar-refractivity contribution is -0.0528. The van der Waals surface area contributed by atoms with Crippen molar-refractivity contribution in [2.45, 2.75) is 26.0 Å². The molecule has 0 atom stereocenters. The molecule has 0 aliphatic carbocycles. The van der Waals surface area contributed by atoms with Gasteiger partial charge in [0.2, 0.25) is 0 Å². The van der Waals surface area contributed by atoms with E-state index >= 15 is 0 Å². The lowest BCUT2D eigenvalue weighted by Crippen LogP contribution is -2.22. The van der Waals surface area contributed by atoms with Gasteiger partial charge in [-0.25, -0.2) is 4.39 Å². The van der Waals surface area contributed by atoms with Crippen LogP contribution >= 0.6 is 0 Å². The fourth-order valence-electron chi connectivity index (χ4n) is 2.54. The molecule has 122 valence electrons. The third-order valence-corrected chi connectivity index (χ3v) is 3.55. The van der Waals surface area contributed by atoms with Gasteiger partial charge >= 0.3 is 6.61 Å². The Morgan fingerprint density at radius 1 is 1.39 bits per heavy atom. The zero-order chi connectivity index (χ0) is 16.4. The van der Waals surface area contributed by atoms with Gasteiger partial charge < -0.3 is 10.1 Å². The lowest BCUT2D eigenvalue weighted by Gasteiger charge is -2.11. The van der Waals surface area contributed by atoms with E-state index in [9.17, 15) is 18.0 Å². The van der Waals surface area contributed by atoms with E-state index in [1.54, 1.807) is 0 Å². The van der Waals surface area contributed by atoms with Crippen LogP contribution in [0.1, 0.15) is 28.0 Å². The molecular formula is C15H14F3N3O2. The van der Waals surface area contributed by atoms with E-state index in [0.29, 0.717) is 24.2 Å². The molecule has 23 heavy (non-hydrogen) atoms. The monoisotopic (exact) mass is 325 g/mol. The predicted molar refractivity (Wildman–Crippen MR) is 75.0 cm³/mol. The van der Waals surface area contributed by atoms with Gasteiger partial charge in [-0.2, -0.15) is 13.9 Å². The van der Waals surface area contributed by atoms with E-state index in [0.717, 1.165) is 12.5 Å². The number of carbonyl (C=O) groups is 1. The van der Waals surface area contributed by atoms with Crippen LogP contribution in [-0.2, 0) is 13.0 Å². The first-order valence-corrected chi connectivity index (χ1v) is 7.11. The van der Waals surface area contributed by atoms with E-state index in [-0.39, 0.29) is 18.0 Å². The van der Waals surface area contributed by atoms with Gasteiger partial charge in [0.25, 0.3) is 5.91 Å². The molecule has 3 rings (SSSR count). The highest BCUT2D eigenvalue weighted by Gasteiger charge is 2.20. The smallest absolute Gasteiger partial charge is 0.387 e. The number of aromatic nitrogens is 2. The standard InChI is InChI=1S/C15H14F3N3O2/c16-11-4-1-3-9(13(11)23-15(17)18)7-21-8-10-12(20-21)5-2-6-19-14(10)22/h1,3-4,8,15H,2,5-7H2,(H,19,22). The summed E-state index contributed by atoms with van der Waals surface area (Å²) in [5, 5.41) is 7.05. The highest BCUT2D eigenvalue weighted by molar-refractivity contribution is 5.95. The summed E-state index contributed by atoms with van der Waals surface area (Å²) in [6.45, 7) is -2.50. The first-order chi connectivity index (χ1) is 11.0. The summed E-state index contributed by atoms with van der Waals surface area (Å²) in [5.74, 6) is -1.58. The number of hydrogen-bond donors (Lipinski definition) is 1. The Bertz CT molecular complexity index is 731. The van der Waals surface area contributed by atoms with Crippen LogP contribution in [0.15, 0.2) is 24.4 Å². The van der Waals surface area contributed by atoms with Gasteiger partial charge in [0.15, 0.2) is 11.6 Å². The van der Waals surface area contributed by atoms with Gasteiger partial charge in [-0.05, 0) is 18.9 Å². The fourth-order valence-corrected chi connectivity index (χ4v) is 2.54. The first-order valence-electron chi connectivity index (χ1n) is 7.11. The molecule has 0 saturated carbocycles. The molecule has 0 fully saturated rings. The van der Waals surface area contributed by atoms with Crippen LogP contribution in [0.25, 0.3) is 0 Å². The number of amides is 1. The molecule has 2 heterocycles. The minimum atomic E-state index is -3.12. The Morgan fingerprint density at radius 2 is 2.22 bits per heavy atom. The van der Waals surface area contributed by atoms with Gasteiger partial charge in [-0.3, -0.25) is 9.48 Å². The largest absolute Gasteiger partial charge is 0.431 e. The highest BCUT2D eigenvalue weighted by atomic mass is 19.3. The van der Waals surface area contributed by atoms with E-state index in [1.807, 2.05) is 0 Å². The van der Waals surface area contributed by atoms with Crippen LogP contribution in [0.4, 0.5) is 13.2 Å². The third-order valence-electron chi connectivity index (χ3n) is 3.55. The number of nitrogens with zero attached hydrogens (tertiary/aromatic N) is 2. The second kappa shape index (κ2) is 6.31. The number of alkyl halides is 2. The summed E-state index contributed by atoms with van der Waals surface area (Å²) in [6.07, 6.45) is 2.95. The molecule has 0 saturated heterocycles. The molecule has 1 amide bonds. The van der Waals surface area contributed by atoms with Crippen molar-refractivity contribution in [1.82, 2.24) is 15.1 Å². The molecule has 5 nitrogen and oxygen atoms in total. The second-order valence-corrected chi connectivity index (χ2v) is 5.15. The Kier molecular flexibility index (Phi) is 4.22. The first kappa shape index (κ1) is 15.4. The number of ether oxygens (including phenoxy) is 1. The Hall–Kier alpha value is -2.51. The van der Waals surface area contributed by atoms with Crippen LogP contribution in [0.2, 0.25) is 0 Å². The maximum Gasteiger partial charge on any atom is 0.387 e. The predicted octanol–water partition coefficient (Wildman–Crippen LogP) is 2.35. The molecule has 0 bridgehead atoms. The molecule has 0 spiro atoms. The molecule has 0 radical (unpaired) electrons. The number of hydrogen-bond acceptors (Lipinski definition) is 3. The van der Waals surface area contributed by atoms with Crippen molar-refractivity contribution >= 4 is 5.91 Å². The van der Waals surface area contributed by atoms with Crippen LogP contribution < -0.4 is 10.1 Å². The van der Waals surface area contributed by atoms with E-state index in [2.05, 4.69) is 15.2 Å². The van der Waals surface area contributed by atoms with Crippen LogP contribution in [0.5, 0.6) is 5.75 Å². The third kappa shape index (κ3) is 3.30. The zero-order valence-corrected chi connectivity index (χ0v) is 12.1. The van der Waals surface area contributed by atoms with Gasteiger partial charge in [-0.15, -0.1) is 0 Å². The maximum absolute atomic E-state index is 13.7. The quantitative estimate of drug-likeness (QED) is 0.939. The number of benzene rings is 1. The van der Waals surface area contributed by atoms with Crippen molar-refractivity contribution < 1.29 is 22.7 Å². The molecular weight excluding hydrogens is 311 g/mol. The average Bonchev–Trinajstić information content (AvgIpc) is 2.82. The fraction of sp³-hybridized carbons (Fsp3) is 0.333. The minimum absolute atomic E-state index is 0.0279. The molecule has 0 unspecified atom stereocenters. The van der Waals surface area contributed by atoms with Crippen molar-refractivity contribution in [2.24, 2.45) is 0 Å². The normalized spacial score (nSPS) is 14.3.